The van der Waals surface area contributed by atoms with Gasteiger partial charge in [0.05, 0.1) is 18.0 Å². The van der Waals surface area contributed by atoms with Crippen LogP contribution in [-0.4, -0.2) is 37.3 Å². The first-order valence-corrected chi connectivity index (χ1v) is 13.7. The SMILES string of the molecule is CCn1c(CNC(=O)/C=C/c2ccccc2Cl)nnc1SCC(=O)Nc1nc(-c2ccc(C)cc2)cs1. The molecule has 0 aliphatic heterocycles. The van der Waals surface area contributed by atoms with Crippen molar-refractivity contribution in [2.24, 2.45) is 0 Å². The number of carbonyl (C=O) groups is 2. The van der Waals surface area contributed by atoms with Crippen LogP contribution in [-0.2, 0) is 22.7 Å². The number of nitrogens with zero attached hydrogens (tertiary/aromatic N) is 4. The van der Waals surface area contributed by atoms with E-state index in [2.05, 4.69) is 25.8 Å². The molecule has 8 nitrogen and oxygen atoms in total. The number of aryl methyl sites for hydroxylation is 1. The third-order valence-electron chi connectivity index (χ3n) is 5.28. The van der Waals surface area contributed by atoms with Gasteiger partial charge in [-0.1, -0.05) is 71.4 Å². The molecule has 2 N–H and O–H groups in total. The van der Waals surface area contributed by atoms with Crippen LogP contribution in [0.3, 0.4) is 0 Å². The molecule has 0 spiro atoms. The van der Waals surface area contributed by atoms with E-state index in [9.17, 15) is 9.59 Å². The fourth-order valence-electron chi connectivity index (χ4n) is 3.35. The Labute approximate surface area is 228 Å². The second kappa shape index (κ2) is 12.7. The summed E-state index contributed by atoms with van der Waals surface area (Å²) < 4.78 is 1.87. The summed E-state index contributed by atoms with van der Waals surface area (Å²) in [6, 6.07) is 15.4. The van der Waals surface area contributed by atoms with Gasteiger partial charge in [0.25, 0.3) is 0 Å². The maximum Gasteiger partial charge on any atom is 0.244 e. The molecule has 4 aromatic rings. The van der Waals surface area contributed by atoms with Gasteiger partial charge in [-0.15, -0.1) is 21.5 Å². The predicted molar refractivity (Wildman–Crippen MR) is 150 cm³/mol. The van der Waals surface area contributed by atoms with E-state index in [0.717, 1.165) is 16.8 Å². The van der Waals surface area contributed by atoms with E-state index in [-0.39, 0.29) is 24.1 Å². The van der Waals surface area contributed by atoms with Crippen molar-refractivity contribution < 1.29 is 9.59 Å². The number of hydrogen-bond donors (Lipinski definition) is 2. The Kier molecular flexibility index (Phi) is 9.10. The van der Waals surface area contributed by atoms with Gasteiger partial charge in [0.2, 0.25) is 11.8 Å². The van der Waals surface area contributed by atoms with Crippen molar-refractivity contribution >= 4 is 57.7 Å². The van der Waals surface area contributed by atoms with Gasteiger partial charge in [-0.2, -0.15) is 0 Å². The van der Waals surface area contributed by atoms with Crippen molar-refractivity contribution in [3.8, 4) is 11.3 Å². The summed E-state index contributed by atoms with van der Waals surface area (Å²) in [4.78, 5) is 29.3. The predicted octanol–water partition coefficient (Wildman–Crippen LogP) is 5.44. The summed E-state index contributed by atoms with van der Waals surface area (Å²) in [5.41, 5.74) is 3.77. The zero-order valence-electron chi connectivity index (χ0n) is 20.3. The Hall–Kier alpha value is -3.47. The molecule has 190 valence electrons. The highest BCUT2D eigenvalue weighted by atomic mass is 35.5. The van der Waals surface area contributed by atoms with Crippen molar-refractivity contribution in [1.82, 2.24) is 25.1 Å². The van der Waals surface area contributed by atoms with Crippen LogP contribution in [0, 0.1) is 6.92 Å². The number of hydrogen-bond acceptors (Lipinski definition) is 7. The van der Waals surface area contributed by atoms with E-state index < -0.39 is 0 Å². The standard InChI is InChI=1S/C26H25ClN6O2S2/c1-3-33-22(14-28-23(34)13-12-18-6-4-5-7-20(18)27)31-32-26(33)37-16-24(35)30-25-29-21(15-36-25)19-10-8-17(2)9-11-19/h4-13,15H,3,14,16H2,1-2H3,(H,28,34)(H,29,30,35)/b13-12+. The van der Waals surface area contributed by atoms with Gasteiger partial charge < -0.3 is 15.2 Å². The minimum Gasteiger partial charge on any atom is -0.345 e. The average molecular weight is 553 g/mol. The first-order valence-electron chi connectivity index (χ1n) is 11.5. The second-order valence-corrected chi connectivity index (χ2v) is 10.2. The molecular formula is C26H25ClN6O2S2. The Morgan fingerprint density at radius 2 is 1.92 bits per heavy atom. The van der Waals surface area contributed by atoms with Crippen molar-refractivity contribution in [3.05, 3.63) is 82.0 Å². The van der Waals surface area contributed by atoms with Crippen LogP contribution in [0.15, 0.2) is 65.1 Å². The van der Waals surface area contributed by atoms with Crippen molar-refractivity contribution in [2.75, 3.05) is 11.1 Å². The van der Waals surface area contributed by atoms with E-state index in [1.165, 1.54) is 34.7 Å². The molecule has 37 heavy (non-hydrogen) atoms. The number of benzene rings is 2. The third-order valence-corrected chi connectivity index (χ3v) is 7.35. The van der Waals surface area contributed by atoms with E-state index in [1.54, 1.807) is 12.1 Å². The van der Waals surface area contributed by atoms with Crippen LogP contribution in [0.4, 0.5) is 5.13 Å². The third kappa shape index (κ3) is 7.28. The molecule has 2 aromatic heterocycles. The van der Waals surface area contributed by atoms with E-state index in [0.29, 0.717) is 27.7 Å². The maximum absolute atomic E-state index is 12.5. The highest BCUT2D eigenvalue weighted by Crippen LogP contribution is 2.25. The molecule has 0 aliphatic rings. The molecule has 2 heterocycles. The number of halogens is 1. The molecule has 0 saturated carbocycles. The lowest BCUT2D eigenvalue weighted by molar-refractivity contribution is -0.116. The number of rotatable bonds is 10. The number of carbonyl (C=O) groups excluding carboxylic acids is 2. The van der Waals surface area contributed by atoms with Gasteiger partial charge >= 0.3 is 0 Å². The molecule has 0 bridgehead atoms. The first-order chi connectivity index (χ1) is 17.9. The Bertz CT molecular complexity index is 1410. The molecular weight excluding hydrogens is 528 g/mol. The van der Waals surface area contributed by atoms with Gasteiger partial charge in [0, 0.05) is 28.6 Å². The summed E-state index contributed by atoms with van der Waals surface area (Å²) in [7, 11) is 0. The Balaban J connectivity index is 1.28. The molecule has 4 rings (SSSR count). The molecule has 2 aromatic carbocycles. The van der Waals surface area contributed by atoms with Gasteiger partial charge in [0.1, 0.15) is 0 Å². The minimum atomic E-state index is -0.271. The Morgan fingerprint density at radius 3 is 2.68 bits per heavy atom. The fraction of sp³-hybridized carbons (Fsp3) is 0.192. The van der Waals surface area contributed by atoms with Crippen LogP contribution in [0.25, 0.3) is 17.3 Å². The number of aromatic nitrogens is 4. The largest absolute Gasteiger partial charge is 0.345 e. The minimum absolute atomic E-state index is 0.157. The molecule has 2 amide bonds. The summed E-state index contributed by atoms with van der Waals surface area (Å²) in [5, 5.41) is 17.7. The molecule has 0 fully saturated rings. The normalized spacial score (nSPS) is 11.1. The van der Waals surface area contributed by atoms with E-state index >= 15 is 0 Å². The highest BCUT2D eigenvalue weighted by Gasteiger charge is 2.15. The smallest absolute Gasteiger partial charge is 0.244 e. The lowest BCUT2D eigenvalue weighted by Crippen LogP contribution is -2.22. The van der Waals surface area contributed by atoms with Crippen LogP contribution in [0.1, 0.15) is 23.9 Å². The summed E-state index contributed by atoms with van der Waals surface area (Å²) >= 11 is 8.78. The number of thiazole rings is 1. The Morgan fingerprint density at radius 1 is 1.14 bits per heavy atom. The number of amides is 2. The average Bonchev–Trinajstić information content (AvgIpc) is 3.52. The van der Waals surface area contributed by atoms with Crippen molar-refractivity contribution in [3.63, 3.8) is 0 Å². The number of nitrogens with one attached hydrogen (secondary N) is 2. The molecule has 11 heteroatoms. The number of thioether (sulfide) groups is 1. The van der Waals surface area contributed by atoms with E-state index in [1.807, 2.05) is 66.3 Å². The van der Waals surface area contributed by atoms with Gasteiger partial charge in [0.15, 0.2) is 16.1 Å². The molecule has 0 atom stereocenters. The van der Waals surface area contributed by atoms with Crippen LogP contribution in [0.5, 0.6) is 0 Å². The molecule has 0 aliphatic carbocycles. The lowest BCUT2D eigenvalue weighted by Gasteiger charge is -2.07. The quantitative estimate of drug-likeness (QED) is 0.200. The highest BCUT2D eigenvalue weighted by molar-refractivity contribution is 7.99. The van der Waals surface area contributed by atoms with Crippen LogP contribution < -0.4 is 10.6 Å². The zero-order chi connectivity index (χ0) is 26.2. The summed E-state index contributed by atoms with van der Waals surface area (Å²) in [6.45, 7) is 4.80. The van der Waals surface area contributed by atoms with Crippen molar-refractivity contribution in [2.45, 2.75) is 32.1 Å². The van der Waals surface area contributed by atoms with Crippen LogP contribution >= 0.6 is 34.7 Å². The first kappa shape index (κ1) is 26.6. The fourth-order valence-corrected chi connectivity index (χ4v) is 5.10. The van der Waals surface area contributed by atoms with Gasteiger partial charge in [-0.05, 0) is 31.6 Å². The zero-order valence-corrected chi connectivity index (χ0v) is 22.7. The monoisotopic (exact) mass is 552 g/mol. The molecule has 0 radical (unpaired) electrons. The van der Waals surface area contributed by atoms with Gasteiger partial charge in [-0.3, -0.25) is 9.59 Å². The van der Waals surface area contributed by atoms with E-state index in [4.69, 9.17) is 11.6 Å². The lowest BCUT2D eigenvalue weighted by atomic mass is 10.1. The summed E-state index contributed by atoms with van der Waals surface area (Å²) in [5.74, 6) is 0.310. The molecule has 0 unspecified atom stereocenters. The second-order valence-electron chi connectivity index (χ2n) is 7.96. The maximum atomic E-state index is 12.5. The summed E-state index contributed by atoms with van der Waals surface area (Å²) in [6.07, 6.45) is 3.09. The van der Waals surface area contributed by atoms with Crippen molar-refractivity contribution in [1.29, 1.82) is 0 Å². The van der Waals surface area contributed by atoms with Gasteiger partial charge in [-0.25, -0.2) is 4.98 Å². The number of anilines is 1. The van der Waals surface area contributed by atoms with Crippen LogP contribution in [0.2, 0.25) is 5.02 Å². The molecule has 0 saturated heterocycles. The topological polar surface area (TPSA) is 102 Å².